The molecule has 1 amide bonds. The molecule has 8 nitrogen and oxygen atoms in total. The van der Waals surface area contributed by atoms with E-state index < -0.39 is 6.04 Å². The number of anilines is 1. The van der Waals surface area contributed by atoms with E-state index in [4.69, 9.17) is 5.53 Å². The minimum Gasteiger partial charge on any atom is -0.269 e. The monoisotopic (exact) mass is 319 g/mol. The first-order valence-corrected chi connectivity index (χ1v) is 7.19. The Morgan fingerprint density at radius 1 is 1.08 bits per heavy atom. The van der Waals surface area contributed by atoms with Crippen LogP contribution in [0.2, 0.25) is 0 Å². The molecule has 1 unspecified atom stereocenters. The Kier molecular flexibility index (Phi) is 4.31. The maximum absolute atomic E-state index is 12.5. The molecule has 0 spiro atoms. The second-order valence-corrected chi connectivity index (χ2v) is 5.05. The van der Waals surface area contributed by atoms with Gasteiger partial charge in [0.1, 0.15) is 0 Å². The summed E-state index contributed by atoms with van der Waals surface area (Å²) in [6.07, 6.45) is 0. The van der Waals surface area contributed by atoms with Crippen LogP contribution in [0.3, 0.4) is 0 Å². The average Bonchev–Trinajstić information content (AvgIpc) is 2.90. The van der Waals surface area contributed by atoms with Gasteiger partial charge in [-0.05, 0) is 36.7 Å². The predicted molar refractivity (Wildman–Crippen MR) is 90.6 cm³/mol. The Morgan fingerprint density at radius 2 is 1.75 bits per heavy atom. The maximum Gasteiger partial charge on any atom is 0.280 e. The van der Waals surface area contributed by atoms with Crippen molar-refractivity contribution in [2.45, 2.75) is 13.0 Å². The van der Waals surface area contributed by atoms with Gasteiger partial charge in [-0.3, -0.25) is 4.79 Å². The molecule has 1 aliphatic rings. The van der Waals surface area contributed by atoms with Gasteiger partial charge in [0, 0.05) is 10.6 Å². The zero-order valence-corrected chi connectivity index (χ0v) is 12.8. The first kappa shape index (κ1) is 15.4. The second kappa shape index (κ2) is 6.72. The standard InChI is InChI=1S/C16H13N7O/c1-11-15(16(24)23(21-11)14-5-3-2-4-6-14)20-18-12-7-9-13(10-8-12)19-22-17/h2-10,15H,1H3. The fourth-order valence-corrected chi connectivity index (χ4v) is 2.21. The van der Waals surface area contributed by atoms with Crippen molar-refractivity contribution in [3.8, 4) is 0 Å². The number of hydrogen-bond donors (Lipinski definition) is 0. The molecule has 0 aromatic heterocycles. The highest BCUT2D eigenvalue weighted by atomic mass is 16.2. The lowest BCUT2D eigenvalue weighted by Gasteiger charge is -2.11. The molecule has 0 saturated carbocycles. The summed E-state index contributed by atoms with van der Waals surface area (Å²) in [4.78, 5) is 15.2. The quantitative estimate of drug-likeness (QED) is 0.461. The number of nitrogens with zero attached hydrogens (tertiary/aromatic N) is 7. The lowest BCUT2D eigenvalue weighted by Crippen LogP contribution is -2.29. The van der Waals surface area contributed by atoms with Crippen LogP contribution in [0.4, 0.5) is 17.1 Å². The van der Waals surface area contributed by atoms with Crippen LogP contribution in [0, 0.1) is 0 Å². The van der Waals surface area contributed by atoms with Crippen LogP contribution in [0.15, 0.2) is 75.0 Å². The summed E-state index contributed by atoms with van der Waals surface area (Å²) in [6, 6.07) is 15.0. The van der Waals surface area contributed by atoms with E-state index in [0.29, 0.717) is 22.8 Å². The molecule has 24 heavy (non-hydrogen) atoms. The number of carbonyl (C=O) groups excluding carboxylic acids is 1. The molecule has 2 aromatic rings. The number of rotatable bonds is 4. The SMILES string of the molecule is CC1=NN(c2ccccc2)C(=O)C1N=Nc1ccc(N=[N+]=[N-])cc1. The summed E-state index contributed by atoms with van der Waals surface area (Å²) >= 11 is 0. The fraction of sp³-hybridized carbons (Fsp3) is 0.125. The summed E-state index contributed by atoms with van der Waals surface area (Å²) in [5.74, 6) is -0.242. The van der Waals surface area contributed by atoms with Crippen LogP contribution in [0.25, 0.3) is 10.4 Å². The van der Waals surface area contributed by atoms with Gasteiger partial charge < -0.3 is 0 Å². The summed E-state index contributed by atoms with van der Waals surface area (Å²) in [5, 5.41) is 17.3. The predicted octanol–water partition coefficient (Wildman–Crippen LogP) is 4.50. The third-order valence-electron chi connectivity index (χ3n) is 3.40. The third kappa shape index (κ3) is 3.13. The number of benzene rings is 2. The summed E-state index contributed by atoms with van der Waals surface area (Å²) in [6.45, 7) is 1.75. The first-order chi connectivity index (χ1) is 11.7. The Hall–Kier alpha value is -3.51. The average molecular weight is 319 g/mol. The molecule has 1 aliphatic heterocycles. The number of hydrazone groups is 1. The molecule has 0 bridgehead atoms. The lowest BCUT2D eigenvalue weighted by atomic mass is 10.2. The van der Waals surface area contributed by atoms with E-state index in [9.17, 15) is 4.79 Å². The molecule has 3 rings (SSSR count). The Balaban J connectivity index is 1.77. The smallest absolute Gasteiger partial charge is 0.269 e. The van der Waals surface area contributed by atoms with Crippen LogP contribution < -0.4 is 5.01 Å². The number of azo groups is 1. The van der Waals surface area contributed by atoms with E-state index in [-0.39, 0.29) is 5.91 Å². The van der Waals surface area contributed by atoms with Gasteiger partial charge in [-0.2, -0.15) is 20.3 Å². The second-order valence-electron chi connectivity index (χ2n) is 5.05. The molecular weight excluding hydrogens is 306 g/mol. The van der Waals surface area contributed by atoms with Crippen molar-refractivity contribution in [2.24, 2.45) is 20.4 Å². The number of azide groups is 1. The summed E-state index contributed by atoms with van der Waals surface area (Å²) in [5.41, 5.74) is 10.7. The topological polar surface area (TPSA) is 106 Å². The van der Waals surface area contributed by atoms with Gasteiger partial charge in [0.2, 0.25) is 0 Å². The number of amides is 1. The fourth-order valence-electron chi connectivity index (χ4n) is 2.21. The van der Waals surface area contributed by atoms with Crippen LogP contribution in [0.1, 0.15) is 6.92 Å². The minimum atomic E-state index is -0.734. The molecule has 1 heterocycles. The van der Waals surface area contributed by atoms with Crippen molar-refractivity contribution in [1.29, 1.82) is 0 Å². The Morgan fingerprint density at radius 3 is 2.42 bits per heavy atom. The molecule has 0 fully saturated rings. The highest BCUT2D eigenvalue weighted by molar-refractivity contribution is 6.18. The van der Waals surface area contributed by atoms with Gasteiger partial charge in [-0.1, -0.05) is 35.4 Å². The molecule has 0 aliphatic carbocycles. The van der Waals surface area contributed by atoms with Crippen molar-refractivity contribution in [3.05, 3.63) is 65.0 Å². The van der Waals surface area contributed by atoms with Gasteiger partial charge in [0.25, 0.3) is 5.91 Å². The van der Waals surface area contributed by atoms with E-state index in [2.05, 4.69) is 25.4 Å². The maximum atomic E-state index is 12.5. The van der Waals surface area contributed by atoms with Gasteiger partial charge in [-0.15, -0.1) is 0 Å². The summed E-state index contributed by atoms with van der Waals surface area (Å²) < 4.78 is 0. The van der Waals surface area contributed by atoms with Gasteiger partial charge >= 0.3 is 0 Å². The normalized spacial score (nSPS) is 17.0. The molecule has 0 N–H and O–H groups in total. The van der Waals surface area contributed by atoms with Gasteiger partial charge in [0.15, 0.2) is 6.04 Å². The van der Waals surface area contributed by atoms with Crippen molar-refractivity contribution < 1.29 is 4.79 Å². The number of para-hydroxylation sites is 1. The Bertz CT molecular complexity index is 852. The van der Waals surface area contributed by atoms with Crippen LogP contribution >= 0.6 is 0 Å². The largest absolute Gasteiger partial charge is 0.280 e. The molecular formula is C16H13N7O. The Labute approximate surface area is 137 Å². The molecule has 0 saturated heterocycles. The first-order valence-electron chi connectivity index (χ1n) is 7.19. The van der Waals surface area contributed by atoms with E-state index in [1.54, 1.807) is 31.2 Å². The molecule has 118 valence electrons. The molecule has 8 heteroatoms. The highest BCUT2D eigenvalue weighted by Gasteiger charge is 2.34. The van der Waals surface area contributed by atoms with E-state index >= 15 is 0 Å². The third-order valence-corrected chi connectivity index (χ3v) is 3.40. The minimum absolute atomic E-state index is 0.242. The van der Waals surface area contributed by atoms with Gasteiger partial charge in [0.05, 0.1) is 17.1 Å². The summed E-state index contributed by atoms with van der Waals surface area (Å²) in [7, 11) is 0. The molecule has 0 radical (unpaired) electrons. The van der Waals surface area contributed by atoms with Gasteiger partial charge in [-0.25, -0.2) is 0 Å². The van der Waals surface area contributed by atoms with Crippen molar-refractivity contribution in [2.75, 3.05) is 5.01 Å². The van der Waals surface area contributed by atoms with Crippen LogP contribution in [-0.4, -0.2) is 17.7 Å². The molecule has 1 atom stereocenters. The van der Waals surface area contributed by atoms with E-state index in [1.807, 2.05) is 30.3 Å². The zero-order valence-electron chi connectivity index (χ0n) is 12.8. The number of carbonyl (C=O) groups is 1. The molecule has 2 aromatic carbocycles. The van der Waals surface area contributed by atoms with E-state index in [0.717, 1.165) is 0 Å². The van der Waals surface area contributed by atoms with Crippen LogP contribution in [-0.2, 0) is 4.79 Å². The highest BCUT2D eigenvalue weighted by Crippen LogP contribution is 2.24. The lowest BCUT2D eigenvalue weighted by molar-refractivity contribution is -0.117. The van der Waals surface area contributed by atoms with Crippen molar-refractivity contribution >= 4 is 28.7 Å². The van der Waals surface area contributed by atoms with Crippen molar-refractivity contribution in [3.63, 3.8) is 0 Å². The van der Waals surface area contributed by atoms with E-state index in [1.165, 1.54) is 5.01 Å². The van der Waals surface area contributed by atoms with Crippen molar-refractivity contribution in [1.82, 2.24) is 0 Å². The van der Waals surface area contributed by atoms with Crippen LogP contribution in [0.5, 0.6) is 0 Å². The zero-order chi connectivity index (χ0) is 16.9. The number of hydrogen-bond acceptors (Lipinski definition) is 5.